The number of thiazole rings is 1. The Hall–Kier alpha value is -2.15. The van der Waals surface area contributed by atoms with Crippen molar-refractivity contribution < 1.29 is 4.79 Å². The Labute approximate surface area is 152 Å². The Morgan fingerprint density at radius 2 is 1.92 bits per heavy atom. The van der Waals surface area contributed by atoms with Gasteiger partial charge in [-0.1, -0.05) is 52.7 Å². The monoisotopic (exact) mass is 378 g/mol. The number of carbonyl (C=O) groups excluding carboxylic acids is 1. The summed E-state index contributed by atoms with van der Waals surface area (Å²) in [7, 11) is 0. The second-order valence-corrected chi connectivity index (χ2v) is 6.61. The molecule has 2 N–H and O–H groups in total. The second kappa shape index (κ2) is 7.61. The van der Waals surface area contributed by atoms with E-state index in [9.17, 15) is 4.79 Å². The van der Waals surface area contributed by atoms with E-state index in [0.29, 0.717) is 20.7 Å². The van der Waals surface area contributed by atoms with E-state index in [2.05, 4.69) is 20.8 Å². The highest BCUT2D eigenvalue weighted by Crippen LogP contribution is 2.25. The van der Waals surface area contributed by atoms with Gasteiger partial charge < -0.3 is 5.32 Å². The fourth-order valence-electron chi connectivity index (χ4n) is 1.95. The number of aromatic nitrogens is 1. The van der Waals surface area contributed by atoms with Gasteiger partial charge in [-0.2, -0.15) is 5.10 Å². The normalized spacial score (nSPS) is 11.1. The van der Waals surface area contributed by atoms with E-state index in [1.807, 2.05) is 24.3 Å². The molecule has 0 aliphatic heterocycles. The van der Waals surface area contributed by atoms with Crippen molar-refractivity contribution in [3.63, 3.8) is 0 Å². The molecule has 1 heterocycles. The Bertz CT molecular complexity index is 857. The maximum absolute atomic E-state index is 11.8. The van der Waals surface area contributed by atoms with Crippen LogP contribution in [0.4, 0.5) is 5.13 Å². The van der Waals surface area contributed by atoms with Gasteiger partial charge in [-0.15, -0.1) is 0 Å². The smallest absolute Gasteiger partial charge is 0.259 e. The fraction of sp³-hybridized carbons (Fsp3) is 0.0625. The van der Waals surface area contributed by atoms with Gasteiger partial charge in [0.05, 0.1) is 33.0 Å². The minimum atomic E-state index is -0.298. The van der Waals surface area contributed by atoms with Crippen LogP contribution in [0.25, 0.3) is 10.2 Å². The SMILES string of the molecule is O=C(CNc1nc2ccccc2s1)N/N=C\c1c(Cl)cccc1Cl. The molecule has 0 atom stereocenters. The molecule has 1 amide bonds. The van der Waals surface area contributed by atoms with Crippen molar-refractivity contribution in [3.05, 3.63) is 58.1 Å². The molecule has 8 heteroatoms. The molecule has 0 saturated heterocycles. The summed E-state index contributed by atoms with van der Waals surface area (Å²) >= 11 is 13.5. The molecular weight excluding hydrogens is 367 g/mol. The minimum Gasteiger partial charge on any atom is -0.352 e. The molecule has 0 radical (unpaired) electrons. The van der Waals surface area contributed by atoms with Crippen LogP contribution in [-0.4, -0.2) is 23.7 Å². The highest BCUT2D eigenvalue weighted by atomic mass is 35.5. The summed E-state index contributed by atoms with van der Waals surface area (Å²) in [6.07, 6.45) is 1.42. The highest BCUT2D eigenvalue weighted by Gasteiger charge is 2.06. The zero-order chi connectivity index (χ0) is 16.9. The number of nitrogens with zero attached hydrogens (tertiary/aromatic N) is 2. The Morgan fingerprint density at radius 3 is 2.67 bits per heavy atom. The standard InChI is InChI=1S/C16H12Cl2N4OS/c17-11-4-3-5-12(18)10(11)8-20-22-15(23)9-19-16-21-13-6-1-2-7-14(13)24-16/h1-8H,9H2,(H,19,21)(H,22,23)/b20-8-. The summed E-state index contributed by atoms with van der Waals surface area (Å²) in [5.41, 5.74) is 3.87. The van der Waals surface area contributed by atoms with Crippen LogP contribution in [-0.2, 0) is 4.79 Å². The van der Waals surface area contributed by atoms with E-state index < -0.39 is 0 Å². The third-order valence-corrected chi connectivity index (χ3v) is 4.73. The van der Waals surface area contributed by atoms with Crippen molar-refractivity contribution in [2.75, 3.05) is 11.9 Å². The number of benzene rings is 2. The second-order valence-electron chi connectivity index (χ2n) is 4.77. The van der Waals surface area contributed by atoms with Gasteiger partial charge in [-0.3, -0.25) is 4.79 Å². The first-order chi connectivity index (χ1) is 11.6. The number of nitrogens with one attached hydrogen (secondary N) is 2. The molecule has 0 aliphatic rings. The van der Waals surface area contributed by atoms with Crippen molar-refractivity contribution in [2.24, 2.45) is 5.10 Å². The van der Waals surface area contributed by atoms with E-state index in [1.54, 1.807) is 18.2 Å². The summed E-state index contributed by atoms with van der Waals surface area (Å²) in [5.74, 6) is -0.298. The molecule has 0 saturated carbocycles. The van der Waals surface area contributed by atoms with Gasteiger partial charge in [0.1, 0.15) is 0 Å². The fourth-order valence-corrected chi connectivity index (χ4v) is 3.30. The molecule has 0 unspecified atom stereocenters. The zero-order valence-corrected chi connectivity index (χ0v) is 14.6. The molecule has 122 valence electrons. The van der Waals surface area contributed by atoms with E-state index in [1.165, 1.54) is 17.6 Å². The molecule has 24 heavy (non-hydrogen) atoms. The van der Waals surface area contributed by atoms with Crippen molar-refractivity contribution >= 4 is 62.0 Å². The maximum atomic E-state index is 11.8. The third-order valence-electron chi connectivity index (χ3n) is 3.08. The summed E-state index contributed by atoms with van der Waals surface area (Å²) in [6, 6.07) is 12.9. The molecular formula is C16H12Cl2N4OS. The average molecular weight is 379 g/mol. The summed E-state index contributed by atoms with van der Waals surface area (Å²) in [4.78, 5) is 16.2. The number of rotatable bonds is 5. The van der Waals surface area contributed by atoms with E-state index in [-0.39, 0.29) is 12.5 Å². The van der Waals surface area contributed by atoms with E-state index >= 15 is 0 Å². The van der Waals surface area contributed by atoms with Gasteiger partial charge in [0.25, 0.3) is 5.91 Å². The summed E-state index contributed by atoms with van der Waals surface area (Å²) in [6.45, 7) is 0.0629. The molecule has 5 nitrogen and oxygen atoms in total. The van der Waals surface area contributed by atoms with Gasteiger partial charge in [0.2, 0.25) is 0 Å². The molecule has 2 aromatic carbocycles. The lowest BCUT2D eigenvalue weighted by Crippen LogP contribution is -2.25. The highest BCUT2D eigenvalue weighted by molar-refractivity contribution is 7.22. The lowest BCUT2D eigenvalue weighted by atomic mass is 10.2. The van der Waals surface area contributed by atoms with Crippen molar-refractivity contribution in [2.45, 2.75) is 0 Å². The number of amides is 1. The van der Waals surface area contributed by atoms with Gasteiger partial charge in [-0.25, -0.2) is 10.4 Å². The van der Waals surface area contributed by atoms with E-state index in [4.69, 9.17) is 23.2 Å². The van der Waals surface area contributed by atoms with Crippen LogP contribution < -0.4 is 10.7 Å². The first kappa shape index (κ1) is 16.7. The zero-order valence-electron chi connectivity index (χ0n) is 12.3. The van der Waals surface area contributed by atoms with Gasteiger partial charge in [0.15, 0.2) is 5.13 Å². The summed E-state index contributed by atoms with van der Waals surface area (Å²) in [5, 5.41) is 8.46. The predicted octanol–water partition coefficient (Wildman–Crippen LogP) is 4.17. The number of anilines is 1. The van der Waals surface area contributed by atoms with Crippen molar-refractivity contribution in [1.29, 1.82) is 0 Å². The lowest BCUT2D eigenvalue weighted by molar-refractivity contribution is -0.119. The predicted molar refractivity (Wildman–Crippen MR) is 100 cm³/mol. The number of carbonyl (C=O) groups is 1. The Balaban J connectivity index is 1.55. The van der Waals surface area contributed by atoms with Crippen molar-refractivity contribution in [3.8, 4) is 0 Å². The third kappa shape index (κ3) is 4.03. The first-order valence-electron chi connectivity index (χ1n) is 6.99. The van der Waals surface area contributed by atoms with Crippen LogP contribution >= 0.6 is 34.5 Å². The van der Waals surface area contributed by atoms with Gasteiger partial charge in [-0.05, 0) is 24.3 Å². The topological polar surface area (TPSA) is 66.4 Å². The minimum absolute atomic E-state index is 0.0629. The Morgan fingerprint density at radius 1 is 1.17 bits per heavy atom. The van der Waals surface area contributed by atoms with Gasteiger partial charge in [0, 0.05) is 5.56 Å². The summed E-state index contributed by atoms with van der Waals surface area (Å²) < 4.78 is 1.06. The molecule has 0 fully saturated rings. The average Bonchev–Trinajstić information content (AvgIpc) is 2.98. The lowest BCUT2D eigenvalue weighted by Gasteiger charge is -2.02. The van der Waals surface area contributed by atoms with Crippen LogP contribution in [0.3, 0.4) is 0 Å². The molecule has 0 spiro atoms. The van der Waals surface area contributed by atoms with Gasteiger partial charge >= 0.3 is 0 Å². The molecule has 3 aromatic rings. The van der Waals surface area contributed by atoms with Crippen LogP contribution in [0.15, 0.2) is 47.6 Å². The number of hydrazone groups is 1. The van der Waals surface area contributed by atoms with E-state index in [0.717, 1.165) is 10.2 Å². The van der Waals surface area contributed by atoms with Crippen molar-refractivity contribution in [1.82, 2.24) is 10.4 Å². The Kier molecular flexibility index (Phi) is 5.30. The first-order valence-corrected chi connectivity index (χ1v) is 8.56. The van der Waals surface area contributed by atoms with Crippen LogP contribution in [0.2, 0.25) is 10.0 Å². The molecule has 0 bridgehead atoms. The van der Waals surface area contributed by atoms with Crippen LogP contribution in [0.1, 0.15) is 5.56 Å². The van der Waals surface area contributed by atoms with Crippen LogP contribution in [0.5, 0.6) is 0 Å². The quantitative estimate of drug-likeness (QED) is 0.517. The number of halogens is 2. The molecule has 3 rings (SSSR count). The number of fused-ring (bicyclic) bond motifs is 1. The number of hydrogen-bond acceptors (Lipinski definition) is 5. The number of para-hydroxylation sites is 1. The maximum Gasteiger partial charge on any atom is 0.259 e. The van der Waals surface area contributed by atoms with Crippen LogP contribution in [0, 0.1) is 0 Å². The number of hydrogen-bond donors (Lipinski definition) is 2. The molecule has 1 aromatic heterocycles. The largest absolute Gasteiger partial charge is 0.352 e. The molecule has 0 aliphatic carbocycles.